The Bertz CT molecular complexity index is 542. The lowest BCUT2D eigenvalue weighted by atomic mass is 10.0. The number of carbonyl (C=O) groups is 2. The van der Waals surface area contributed by atoms with Gasteiger partial charge in [0.2, 0.25) is 0 Å². The lowest BCUT2D eigenvalue weighted by Crippen LogP contribution is -2.55. The maximum Gasteiger partial charge on any atom is 0.325 e. The van der Waals surface area contributed by atoms with Crippen LogP contribution in [0.2, 0.25) is 0 Å². The Hall–Kier alpha value is -2.00. The van der Waals surface area contributed by atoms with E-state index < -0.39 is 17.7 Å². The van der Waals surface area contributed by atoms with Crippen LogP contribution in [-0.4, -0.2) is 73.4 Å². The molecule has 1 amide bonds. The Labute approximate surface area is 121 Å². The predicted molar refractivity (Wildman–Crippen MR) is 69.6 cm³/mol. The molecule has 1 aromatic heterocycles. The Morgan fingerprint density at radius 3 is 2.86 bits per heavy atom. The summed E-state index contributed by atoms with van der Waals surface area (Å²) in [4.78, 5) is 24.5. The van der Waals surface area contributed by atoms with Crippen LogP contribution in [0.15, 0.2) is 6.20 Å². The number of aliphatic hydroxyl groups excluding tert-OH is 1. The molecule has 2 rings (SSSR count). The number of aliphatic carboxylic acids is 1. The molecule has 9 heteroatoms. The summed E-state index contributed by atoms with van der Waals surface area (Å²) >= 11 is 0. The van der Waals surface area contributed by atoms with Gasteiger partial charge < -0.3 is 19.8 Å². The van der Waals surface area contributed by atoms with Crippen LogP contribution in [0, 0.1) is 0 Å². The number of hydrogen-bond acceptors (Lipinski definition) is 6. The van der Waals surface area contributed by atoms with Gasteiger partial charge >= 0.3 is 5.97 Å². The second-order valence-electron chi connectivity index (χ2n) is 5.56. The highest BCUT2D eigenvalue weighted by Gasteiger charge is 2.36. The van der Waals surface area contributed by atoms with Crippen LogP contribution in [0.1, 0.15) is 24.3 Å². The van der Waals surface area contributed by atoms with Gasteiger partial charge in [-0.25, -0.2) is 4.68 Å². The molecule has 1 aliphatic rings. The van der Waals surface area contributed by atoms with Crippen molar-refractivity contribution in [3.63, 3.8) is 0 Å². The molecule has 1 fully saturated rings. The first-order valence-electron chi connectivity index (χ1n) is 6.50. The molecule has 116 valence electrons. The van der Waals surface area contributed by atoms with Gasteiger partial charge in [0.15, 0.2) is 5.69 Å². The summed E-state index contributed by atoms with van der Waals surface area (Å²) in [5.74, 6) is -1.42. The maximum atomic E-state index is 12.4. The summed E-state index contributed by atoms with van der Waals surface area (Å²) in [6, 6.07) is 0. The van der Waals surface area contributed by atoms with Crippen LogP contribution in [0.25, 0.3) is 0 Å². The van der Waals surface area contributed by atoms with Crippen molar-refractivity contribution in [1.82, 2.24) is 19.9 Å². The van der Waals surface area contributed by atoms with Gasteiger partial charge in [-0.05, 0) is 13.8 Å². The quantitative estimate of drug-likeness (QED) is 0.730. The van der Waals surface area contributed by atoms with Gasteiger partial charge in [-0.1, -0.05) is 5.21 Å². The van der Waals surface area contributed by atoms with E-state index in [1.54, 1.807) is 0 Å². The third-order valence-electron chi connectivity index (χ3n) is 3.03. The Balaban J connectivity index is 2.11. The van der Waals surface area contributed by atoms with Crippen LogP contribution in [-0.2, 0) is 16.1 Å². The number of nitrogens with zero attached hydrogens (tertiary/aromatic N) is 4. The summed E-state index contributed by atoms with van der Waals surface area (Å²) in [7, 11) is 0. The summed E-state index contributed by atoms with van der Waals surface area (Å²) in [6.45, 7) is 3.73. The molecule has 0 aromatic carbocycles. The van der Waals surface area contributed by atoms with E-state index in [0.29, 0.717) is 6.54 Å². The highest BCUT2D eigenvalue weighted by Crippen LogP contribution is 2.22. The van der Waals surface area contributed by atoms with Gasteiger partial charge in [0.1, 0.15) is 6.54 Å². The minimum atomic E-state index is -1.06. The first-order chi connectivity index (χ1) is 9.80. The summed E-state index contributed by atoms with van der Waals surface area (Å²) < 4.78 is 6.72. The van der Waals surface area contributed by atoms with Crippen LogP contribution in [0.4, 0.5) is 0 Å². The molecule has 2 N–H and O–H groups in total. The molecule has 0 aliphatic carbocycles. The van der Waals surface area contributed by atoms with Crippen molar-refractivity contribution in [1.29, 1.82) is 0 Å². The standard InChI is InChI=1S/C12H18N4O5/c1-12(2)7-15(3-8(6-17)21-12)11(20)9-4-16(14-13-9)5-10(18)19/h4,8,17H,3,5-7H2,1-2H3,(H,18,19). The van der Waals surface area contributed by atoms with Gasteiger partial charge in [0, 0.05) is 13.1 Å². The fourth-order valence-corrected chi connectivity index (χ4v) is 2.32. The minimum Gasteiger partial charge on any atom is -0.480 e. The van der Waals surface area contributed by atoms with Gasteiger partial charge in [-0.15, -0.1) is 5.10 Å². The highest BCUT2D eigenvalue weighted by molar-refractivity contribution is 5.92. The minimum absolute atomic E-state index is 0.0747. The maximum absolute atomic E-state index is 12.4. The first-order valence-corrected chi connectivity index (χ1v) is 6.50. The molecule has 2 heterocycles. The molecule has 1 aliphatic heterocycles. The second kappa shape index (κ2) is 5.78. The fourth-order valence-electron chi connectivity index (χ4n) is 2.32. The van der Waals surface area contributed by atoms with Crippen LogP contribution in [0.3, 0.4) is 0 Å². The van der Waals surface area contributed by atoms with Crippen molar-refractivity contribution in [3.8, 4) is 0 Å². The molecule has 0 spiro atoms. The molecule has 1 aromatic rings. The number of morpholine rings is 1. The number of carbonyl (C=O) groups excluding carboxylic acids is 1. The predicted octanol–water partition coefficient (Wildman–Crippen LogP) is -1.03. The van der Waals surface area contributed by atoms with E-state index in [0.717, 1.165) is 4.68 Å². The lowest BCUT2D eigenvalue weighted by molar-refractivity contribution is -0.139. The lowest BCUT2D eigenvalue weighted by Gasteiger charge is -2.41. The number of hydrogen-bond donors (Lipinski definition) is 2. The average molecular weight is 298 g/mol. The summed E-state index contributed by atoms with van der Waals surface area (Å²) in [5, 5.41) is 25.2. The number of rotatable bonds is 4. The Morgan fingerprint density at radius 2 is 2.24 bits per heavy atom. The zero-order valence-corrected chi connectivity index (χ0v) is 11.9. The second-order valence-corrected chi connectivity index (χ2v) is 5.56. The van der Waals surface area contributed by atoms with Crippen molar-refractivity contribution >= 4 is 11.9 Å². The smallest absolute Gasteiger partial charge is 0.325 e. The van der Waals surface area contributed by atoms with E-state index in [1.165, 1.54) is 11.1 Å². The van der Waals surface area contributed by atoms with E-state index in [2.05, 4.69) is 10.3 Å². The number of carboxylic acids is 1. The summed E-state index contributed by atoms with van der Waals surface area (Å²) in [5.41, 5.74) is -0.496. The van der Waals surface area contributed by atoms with E-state index >= 15 is 0 Å². The normalized spacial score (nSPS) is 21.3. The van der Waals surface area contributed by atoms with Gasteiger partial charge in [0.05, 0.1) is 24.5 Å². The molecule has 9 nitrogen and oxygen atoms in total. The number of ether oxygens (including phenoxy) is 1. The molecule has 0 bridgehead atoms. The molecule has 1 atom stereocenters. The fraction of sp³-hybridized carbons (Fsp3) is 0.667. The van der Waals surface area contributed by atoms with Crippen molar-refractivity contribution < 1.29 is 24.5 Å². The van der Waals surface area contributed by atoms with Crippen LogP contribution < -0.4 is 0 Å². The van der Waals surface area contributed by atoms with Gasteiger partial charge in [0.25, 0.3) is 5.91 Å². The van der Waals surface area contributed by atoms with E-state index in [4.69, 9.17) is 9.84 Å². The van der Waals surface area contributed by atoms with Gasteiger partial charge in [-0.2, -0.15) is 0 Å². The molecular weight excluding hydrogens is 280 g/mol. The molecule has 1 unspecified atom stereocenters. The van der Waals surface area contributed by atoms with Crippen LogP contribution in [0.5, 0.6) is 0 Å². The first kappa shape index (κ1) is 15.4. The summed E-state index contributed by atoms with van der Waals surface area (Å²) in [6.07, 6.45) is 0.846. The monoisotopic (exact) mass is 298 g/mol. The Kier molecular flexibility index (Phi) is 4.24. The molecule has 21 heavy (non-hydrogen) atoms. The third kappa shape index (κ3) is 3.76. The molecule has 1 saturated heterocycles. The SMILES string of the molecule is CC1(C)CN(C(=O)c2cn(CC(=O)O)nn2)CC(CO)O1. The Morgan fingerprint density at radius 1 is 1.52 bits per heavy atom. The zero-order valence-electron chi connectivity index (χ0n) is 11.9. The zero-order chi connectivity index (χ0) is 15.6. The van der Waals surface area contributed by atoms with Crippen molar-refractivity contribution in [2.45, 2.75) is 32.1 Å². The number of carboxylic acid groups (broad SMARTS) is 1. The number of amides is 1. The number of aliphatic hydroxyl groups is 1. The van der Waals surface area contributed by atoms with E-state index in [9.17, 15) is 14.7 Å². The number of aromatic nitrogens is 3. The van der Waals surface area contributed by atoms with Crippen molar-refractivity contribution in [2.24, 2.45) is 0 Å². The highest BCUT2D eigenvalue weighted by atomic mass is 16.5. The largest absolute Gasteiger partial charge is 0.480 e. The average Bonchev–Trinajstić information content (AvgIpc) is 2.83. The van der Waals surface area contributed by atoms with Gasteiger partial charge in [-0.3, -0.25) is 9.59 Å². The third-order valence-corrected chi connectivity index (χ3v) is 3.03. The van der Waals surface area contributed by atoms with E-state index in [1.807, 2.05) is 13.8 Å². The molecular formula is C12H18N4O5. The van der Waals surface area contributed by atoms with Crippen molar-refractivity contribution in [3.05, 3.63) is 11.9 Å². The molecule has 0 saturated carbocycles. The topological polar surface area (TPSA) is 118 Å². The van der Waals surface area contributed by atoms with Crippen LogP contribution >= 0.6 is 0 Å². The van der Waals surface area contributed by atoms with E-state index in [-0.39, 0.29) is 31.3 Å². The molecule has 0 radical (unpaired) electrons. The van der Waals surface area contributed by atoms with Crippen molar-refractivity contribution in [2.75, 3.05) is 19.7 Å².